The highest BCUT2D eigenvalue weighted by Gasteiger charge is 2.49. The Kier molecular flexibility index (Phi) is 10.9. The van der Waals surface area contributed by atoms with Crippen molar-refractivity contribution in [2.24, 2.45) is 11.8 Å². The summed E-state index contributed by atoms with van der Waals surface area (Å²) in [6.45, 7) is 10.2. The molecule has 3 aromatic rings. The van der Waals surface area contributed by atoms with E-state index in [0.29, 0.717) is 25.3 Å². The number of aromatic hydroxyl groups is 1. The van der Waals surface area contributed by atoms with Gasteiger partial charge < -0.3 is 19.8 Å². The summed E-state index contributed by atoms with van der Waals surface area (Å²) in [7, 11) is 0. The fourth-order valence-electron chi connectivity index (χ4n) is 9.67. The van der Waals surface area contributed by atoms with E-state index >= 15 is 0 Å². The van der Waals surface area contributed by atoms with Crippen molar-refractivity contribution < 1.29 is 19.5 Å². The van der Waals surface area contributed by atoms with Gasteiger partial charge in [0, 0.05) is 70.5 Å². The molecule has 54 heavy (non-hydrogen) atoms. The number of imide groups is 1. The van der Waals surface area contributed by atoms with Crippen LogP contribution in [-0.4, -0.2) is 108 Å². The first-order chi connectivity index (χ1) is 26.3. The molecule has 0 radical (unpaired) electrons. The van der Waals surface area contributed by atoms with Crippen LogP contribution >= 0.6 is 0 Å². The maximum Gasteiger partial charge on any atom is 0.249 e. The predicted octanol–water partition coefficient (Wildman–Crippen LogP) is 4.94. The van der Waals surface area contributed by atoms with Crippen molar-refractivity contribution in [3.05, 3.63) is 95.6 Å². The van der Waals surface area contributed by atoms with Crippen molar-refractivity contribution in [2.75, 3.05) is 57.3 Å². The summed E-state index contributed by atoms with van der Waals surface area (Å²) in [4.78, 5) is 46.9. The minimum absolute atomic E-state index is 0.0574. The molecule has 8 rings (SSSR count). The van der Waals surface area contributed by atoms with E-state index in [1.807, 2.05) is 12.1 Å². The van der Waals surface area contributed by atoms with E-state index in [9.17, 15) is 19.5 Å². The molecule has 10 nitrogen and oxygen atoms in total. The van der Waals surface area contributed by atoms with Crippen molar-refractivity contribution in [3.63, 3.8) is 0 Å². The Balaban J connectivity index is 0.824. The van der Waals surface area contributed by atoms with E-state index in [2.05, 4.69) is 86.9 Å². The lowest BCUT2D eigenvalue weighted by Gasteiger charge is -2.44. The first-order valence-electron chi connectivity index (χ1n) is 20.1. The number of nitrogens with one attached hydrogen (secondary N) is 2. The number of rotatable bonds is 9. The van der Waals surface area contributed by atoms with Crippen LogP contribution in [0.2, 0.25) is 0 Å². The lowest BCUT2D eigenvalue weighted by Crippen LogP contribution is -2.60. The van der Waals surface area contributed by atoms with Gasteiger partial charge in [-0.25, -0.2) is 0 Å². The Labute approximate surface area is 319 Å². The maximum atomic E-state index is 13.2. The SMILES string of the molecule is CC/C(=C(\c1ccc(O)cc1)c1ccc(N2CCC(CN3CCN(C4CCC5C(=O)N(C6CCC(=O)NC6=O)CC5N4)CC3)CC2)cc1)c1ccccc1. The molecule has 0 aromatic heterocycles. The summed E-state index contributed by atoms with van der Waals surface area (Å²) in [5.41, 5.74) is 7.30. The van der Waals surface area contributed by atoms with Gasteiger partial charge in [-0.1, -0.05) is 61.5 Å². The van der Waals surface area contributed by atoms with Crippen LogP contribution < -0.4 is 15.5 Å². The molecule has 5 aliphatic rings. The van der Waals surface area contributed by atoms with Crippen LogP contribution in [0.25, 0.3) is 11.1 Å². The molecule has 0 spiro atoms. The highest BCUT2D eigenvalue weighted by Crippen LogP contribution is 2.37. The van der Waals surface area contributed by atoms with Crippen molar-refractivity contribution in [1.82, 2.24) is 25.3 Å². The van der Waals surface area contributed by atoms with Gasteiger partial charge in [-0.2, -0.15) is 0 Å². The van der Waals surface area contributed by atoms with Crippen LogP contribution in [0.5, 0.6) is 5.75 Å². The second-order valence-corrected chi connectivity index (χ2v) is 15.9. The van der Waals surface area contributed by atoms with Gasteiger partial charge in [-0.3, -0.25) is 29.9 Å². The van der Waals surface area contributed by atoms with Gasteiger partial charge in [0.2, 0.25) is 17.7 Å². The van der Waals surface area contributed by atoms with Crippen LogP contribution in [0, 0.1) is 11.8 Å². The molecule has 0 bridgehead atoms. The number of carbonyl (C=O) groups is 3. The number of likely N-dealkylation sites (tertiary alicyclic amines) is 1. The zero-order valence-electron chi connectivity index (χ0n) is 31.5. The molecule has 5 aliphatic heterocycles. The predicted molar refractivity (Wildman–Crippen MR) is 211 cm³/mol. The number of piperazine rings is 1. The van der Waals surface area contributed by atoms with E-state index in [1.54, 1.807) is 17.0 Å². The van der Waals surface area contributed by atoms with Crippen molar-refractivity contribution in [2.45, 2.75) is 70.1 Å². The molecule has 5 saturated heterocycles. The fraction of sp³-hybridized carbons (Fsp3) is 0.477. The van der Waals surface area contributed by atoms with E-state index in [-0.39, 0.29) is 41.6 Å². The molecule has 4 unspecified atom stereocenters. The molecular weight excluding hydrogens is 677 g/mol. The molecule has 0 aliphatic carbocycles. The van der Waals surface area contributed by atoms with Crippen molar-refractivity contribution >= 4 is 34.6 Å². The minimum atomic E-state index is -0.524. The van der Waals surface area contributed by atoms with E-state index in [1.165, 1.54) is 40.8 Å². The third-order valence-electron chi connectivity index (χ3n) is 12.7. The van der Waals surface area contributed by atoms with Crippen LogP contribution in [0.15, 0.2) is 78.9 Å². The highest BCUT2D eigenvalue weighted by atomic mass is 16.3. The number of hydrogen-bond acceptors (Lipinski definition) is 8. The number of allylic oxidation sites excluding steroid dienone is 1. The summed E-state index contributed by atoms with van der Waals surface area (Å²) >= 11 is 0. The largest absolute Gasteiger partial charge is 0.508 e. The Bertz CT molecular complexity index is 1830. The number of carbonyl (C=O) groups excluding carboxylic acids is 3. The quantitative estimate of drug-likeness (QED) is 0.210. The van der Waals surface area contributed by atoms with Gasteiger partial charge in [-0.05, 0) is 96.5 Å². The Morgan fingerprint density at radius 2 is 1.44 bits per heavy atom. The van der Waals surface area contributed by atoms with Gasteiger partial charge in [0.1, 0.15) is 11.8 Å². The molecule has 284 valence electrons. The first-order valence-corrected chi connectivity index (χ1v) is 20.1. The molecule has 5 fully saturated rings. The third kappa shape index (κ3) is 7.70. The number of benzene rings is 3. The zero-order valence-corrected chi connectivity index (χ0v) is 31.5. The molecule has 4 atom stereocenters. The molecular formula is C44H54N6O4. The molecule has 3 aromatic carbocycles. The molecule has 3 amide bonds. The Hall–Kier alpha value is -4.51. The monoisotopic (exact) mass is 730 g/mol. The zero-order chi connectivity index (χ0) is 37.2. The van der Waals surface area contributed by atoms with E-state index in [0.717, 1.165) is 70.6 Å². The number of phenolic OH excluding ortho intramolecular Hbond substituents is 1. The van der Waals surface area contributed by atoms with Gasteiger partial charge in [-0.15, -0.1) is 0 Å². The number of fused-ring (bicyclic) bond motifs is 1. The number of hydrogen-bond donors (Lipinski definition) is 3. The lowest BCUT2D eigenvalue weighted by molar-refractivity contribution is -0.144. The number of piperidine rings is 3. The highest BCUT2D eigenvalue weighted by molar-refractivity contribution is 6.02. The molecule has 5 heterocycles. The molecule has 3 N–H and O–H groups in total. The van der Waals surface area contributed by atoms with Crippen LogP contribution in [-0.2, 0) is 14.4 Å². The number of phenols is 1. The molecule has 10 heteroatoms. The topological polar surface area (TPSA) is 108 Å². The number of anilines is 1. The van der Waals surface area contributed by atoms with E-state index < -0.39 is 6.04 Å². The van der Waals surface area contributed by atoms with Gasteiger partial charge >= 0.3 is 0 Å². The number of nitrogens with zero attached hydrogens (tertiary/aromatic N) is 4. The van der Waals surface area contributed by atoms with Crippen LogP contribution in [0.1, 0.15) is 68.6 Å². The summed E-state index contributed by atoms with van der Waals surface area (Å²) in [6.07, 6.45) is 6.05. The average molecular weight is 731 g/mol. The van der Waals surface area contributed by atoms with Crippen LogP contribution in [0.3, 0.4) is 0 Å². The van der Waals surface area contributed by atoms with E-state index in [4.69, 9.17) is 0 Å². The standard InChI is InChI=1S/C44H54N6O4/c1-2-36(31-6-4-3-5-7-31)42(33-10-14-35(51)15-11-33)32-8-12-34(13-9-32)48-22-20-30(21-23-48)28-47-24-26-49(27-25-47)40-18-16-37-38(45-40)29-50(44(37)54)39-17-19-41(52)46-43(39)53/h3-15,30,37-40,45,51H,2,16-29H2,1H3,(H,46,52,53)/b42-36+. The lowest BCUT2D eigenvalue weighted by atomic mass is 9.88. The van der Waals surface area contributed by atoms with Gasteiger partial charge in [0.25, 0.3) is 0 Å². The van der Waals surface area contributed by atoms with Gasteiger partial charge in [0.05, 0.1) is 12.1 Å². The fourth-order valence-corrected chi connectivity index (χ4v) is 9.67. The molecule has 0 saturated carbocycles. The Morgan fingerprint density at radius 3 is 2.11 bits per heavy atom. The summed E-state index contributed by atoms with van der Waals surface area (Å²) in [6, 6.07) is 26.8. The Morgan fingerprint density at radius 1 is 0.759 bits per heavy atom. The maximum absolute atomic E-state index is 13.2. The second kappa shape index (κ2) is 16.1. The van der Waals surface area contributed by atoms with Crippen molar-refractivity contribution in [1.29, 1.82) is 0 Å². The second-order valence-electron chi connectivity index (χ2n) is 15.9. The third-order valence-corrected chi connectivity index (χ3v) is 12.7. The smallest absolute Gasteiger partial charge is 0.249 e. The van der Waals surface area contributed by atoms with Crippen LogP contribution in [0.4, 0.5) is 5.69 Å². The summed E-state index contributed by atoms with van der Waals surface area (Å²) in [5, 5.41) is 16.2. The summed E-state index contributed by atoms with van der Waals surface area (Å²) < 4.78 is 0. The van der Waals surface area contributed by atoms with Crippen molar-refractivity contribution in [3.8, 4) is 5.75 Å². The average Bonchev–Trinajstić information content (AvgIpc) is 3.53. The first kappa shape index (κ1) is 36.5. The summed E-state index contributed by atoms with van der Waals surface area (Å²) in [5.74, 6) is 0.387. The number of amides is 3. The minimum Gasteiger partial charge on any atom is -0.508 e. The van der Waals surface area contributed by atoms with Gasteiger partial charge in [0.15, 0.2) is 0 Å². The normalized spacial score (nSPS) is 26.4.